The molecule has 1 heterocycles. The average Bonchev–Trinajstić information content (AvgIpc) is 2.68. The third kappa shape index (κ3) is 7.24. The molecule has 1 aliphatic heterocycles. The van der Waals surface area contributed by atoms with Gasteiger partial charge in [-0.05, 0) is 18.8 Å². The van der Waals surface area contributed by atoms with Crippen LogP contribution in [0.5, 0.6) is 0 Å². The number of ether oxygens (including phenoxy) is 2. The number of hydrogen-bond acceptors (Lipinski definition) is 4. The molecule has 0 aromatic carbocycles. The lowest BCUT2D eigenvalue weighted by molar-refractivity contribution is 0.0680. The van der Waals surface area contributed by atoms with Crippen molar-refractivity contribution in [2.24, 2.45) is 11.8 Å². The monoisotopic (exact) mass is 284 g/mol. The van der Waals surface area contributed by atoms with E-state index in [1.165, 1.54) is 0 Å². The van der Waals surface area contributed by atoms with E-state index in [0.29, 0.717) is 19.1 Å². The molecule has 1 aliphatic rings. The zero-order valence-electron chi connectivity index (χ0n) is 10.2. The molecule has 6 heteroatoms. The Morgan fingerprint density at radius 3 is 2.82 bits per heavy atom. The van der Waals surface area contributed by atoms with Gasteiger partial charge in [0.05, 0.1) is 25.6 Å². The van der Waals surface area contributed by atoms with Gasteiger partial charge in [-0.2, -0.15) is 0 Å². The van der Waals surface area contributed by atoms with Gasteiger partial charge >= 0.3 is 0 Å². The van der Waals surface area contributed by atoms with Gasteiger partial charge < -0.3 is 9.47 Å². The fraction of sp³-hybridized carbons (Fsp3) is 1.00. The lowest BCUT2D eigenvalue weighted by Gasteiger charge is -2.16. The van der Waals surface area contributed by atoms with Gasteiger partial charge in [0, 0.05) is 23.2 Å². The highest BCUT2D eigenvalue weighted by Gasteiger charge is 2.19. The summed E-state index contributed by atoms with van der Waals surface area (Å²) in [5, 5.41) is 0. The topological polar surface area (TPSA) is 52.6 Å². The lowest BCUT2D eigenvalue weighted by Crippen LogP contribution is -2.20. The van der Waals surface area contributed by atoms with E-state index in [4.69, 9.17) is 20.2 Å². The molecule has 0 amide bonds. The fourth-order valence-corrected chi connectivity index (χ4v) is 3.38. The van der Waals surface area contributed by atoms with Gasteiger partial charge in [0.2, 0.25) is 9.05 Å². The zero-order chi connectivity index (χ0) is 12.7. The molecule has 2 unspecified atom stereocenters. The smallest absolute Gasteiger partial charge is 0.232 e. The first-order valence-electron chi connectivity index (χ1n) is 6.09. The second-order valence-electron chi connectivity index (χ2n) is 4.63. The van der Waals surface area contributed by atoms with Crippen molar-refractivity contribution in [1.29, 1.82) is 0 Å². The molecule has 17 heavy (non-hydrogen) atoms. The number of rotatable bonds is 8. The lowest BCUT2D eigenvalue weighted by atomic mass is 10.1. The summed E-state index contributed by atoms with van der Waals surface area (Å²) in [5.74, 6) is 0.471. The second-order valence-corrected chi connectivity index (χ2v) is 7.45. The summed E-state index contributed by atoms with van der Waals surface area (Å²) in [5.41, 5.74) is 0. The van der Waals surface area contributed by atoms with Crippen LogP contribution in [0.1, 0.15) is 26.2 Å². The molecule has 0 bridgehead atoms. The van der Waals surface area contributed by atoms with Crippen LogP contribution in [-0.2, 0) is 18.5 Å². The third-order valence-corrected chi connectivity index (χ3v) is 4.11. The minimum atomic E-state index is -3.43. The average molecular weight is 285 g/mol. The van der Waals surface area contributed by atoms with Crippen LogP contribution in [-0.4, -0.2) is 40.6 Å². The van der Waals surface area contributed by atoms with Crippen LogP contribution >= 0.6 is 10.7 Å². The molecule has 0 radical (unpaired) electrons. The van der Waals surface area contributed by atoms with Crippen molar-refractivity contribution in [2.45, 2.75) is 26.2 Å². The third-order valence-electron chi connectivity index (χ3n) is 2.86. The Morgan fingerprint density at radius 1 is 1.53 bits per heavy atom. The van der Waals surface area contributed by atoms with Crippen molar-refractivity contribution in [2.75, 3.05) is 32.2 Å². The van der Waals surface area contributed by atoms with Crippen molar-refractivity contribution in [1.82, 2.24) is 0 Å². The summed E-state index contributed by atoms with van der Waals surface area (Å²) >= 11 is 0. The Kier molecular flexibility index (Phi) is 6.77. The summed E-state index contributed by atoms with van der Waals surface area (Å²) in [6, 6.07) is 0. The van der Waals surface area contributed by atoms with Gasteiger partial charge in [-0.25, -0.2) is 8.42 Å². The van der Waals surface area contributed by atoms with Gasteiger partial charge in [0.1, 0.15) is 0 Å². The number of halogens is 1. The van der Waals surface area contributed by atoms with Gasteiger partial charge in [0.15, 0.2) is 0 Å². The predicted molar refractivity (Wildman–Crippen MR) is 67.8 cm³/mol. The van der Waals surface area contributed by atoms with Crippen molar-refractivity contribution in [3.63, 3.8) is 0 Å². The van der Waals surface area contributed by atoms with E-state index in [9.17, 15) is 8.42 Å². The fourth-order valence-electron chi connectivity index (χ4n) is 2.02. The van der Waals surface area contributed by atoms with Crippen molar-refractivity contribution in [3.8, 4) is 0 Å². The van der Waals surface area contributed by atoms with Gasteiger partial charge in [-0.15, -0.1) is 0 Å². The van der Waals surface area contributed by atoms with Crippen LogP contribution in [0, 0.1) is 11.8 Å². The van der Waals surface area contributed by atoms with E-state index in [1.807, 2.05) is 6.92 Å². The largest absolute Gasteiger partial charge is 0.381 e. The van der Waals surface area contributed by atoms with E-state index >= 15 is 0 Å². The maximum atomic E-state index is 11.0. The van der Waals surface area contributed by atoms with Crippen LogP contribution in [0.3, 0.4) is 0 Å². The van der Waals surface area contributed by atoms with Crippen LogP contribution in [0.2, 0.25) is 0 Å². The van der Waals surface area contributed by atoms with Gasteiger partial charge in [-0.3, -0.25) is 0 Å². The molecule has 102 valence electrons. The summed E-state index contributed by atoms with van der Waals surface area (Å²) in [6.45, 7) is 4.71. The van der Waals surface area contributed by atoms with Crippen LogP contribution in [0.25, 0.3) is 0 Å². The van der Waals surface area contributed by atoms with Crippen molar-refractivity contribution < 1.29 is 17.9 Å². The Bertz CT molecular complexity index is 299. The molecule has 0 aliphatic carbocycles. The van der Waals surface area contributed by atoms with Crippen LogP contribution < -0.4 is 0 Å². The first-order valence-corrected chi connectivity index (χ1v) is 8.57. The van der Waals surface area contributed by atoms with Crippen molar-refractivity contribution >= 4 is 19.7 Å². The standard InChI is InChI=1S/C11H21ClO4S/c1-2-3-11(9-17(12,13)14)8-16-7-10-4-5-15-6-10/h10-11H,2-9H2,1H3. The van der Waals surface area contributed by atoms with E-state index in [2.05, 4.69) is 0 Å². The quantitative estimate of drug-likeness (QED) is 0.640. The summed E-state index contributed by atoms with van der Waals surface area (Å²) in [4.78, 5) is 0. The molecular weight excluding hydrogens is 264 g/mol. The minimum Gasteiger partial charge on any atom is -0.381 e. The molecule has 0 N–H and O–H groups in total. The van der Waals surface area contributed by atoms with E-state index in [-0.39, 0.29) is 11.7 Å². The van der Waals surface area contributed by atoms with E-state index < -0.39 is 9.05 Å². The summed E-state index contributed by atoms with van der Waals surface area (Å²) in [6.07, 6.45) is 2.80. The summed E-state index contributed by atoms with van der Waals surface area (Å²) < 4.78 is 32.9. The van der Waals surface area contributed by atoms with Gasteiger partial charge in [0.25, 0.3) is 0 Å². The Balaban J connectivity index is 2.23. The predicted octanol–water partition coefficient (Wildman–Crippen LogP) is 2.02. The molecular formula is C11H21ClO4S. The molecule has 0 saturated carbocycles. The highest BCUT2D eigenvalue weighted by Crippen LogP contribution is 2.16. The molecule has 1 fully saturated rings. The highest BCUT2D eigenvalue weighted by molar-refractivity contribution is 8.13. The molecule has 1 saturated heterocycles. The first-order chi connectivity index (χ1) is 8.01. The molecule has 0 aromatic heterocycles. The van der Waals surface area contributed by atoms with E-state index in [1.54, 1.807) is 0 Å². The maximum absolute atomic E-state index is 11.0. The minimum absolute atomic E-state index is 0.00353. The SMILES string of the molecule is CCCC(COCC1CCOC1)CS(=O)(=O)Cl. The van der Waals surface area contributed by atoms with Crippen molar-refractivity contribution in [3.05, 3.63) is 0 Å². The van der Waals surface area contributed by atoms with Crippen LogP contribution in [0.15, 0.2) is 0 Å². The molecule has 4 nitrogen and oxygen atoms in total. The van der Waals surface area contributed by atoms with Gasteiger partial charge in [-0.1, -0.05) is 13.3 Å². The maximum Gasteiger partial charge on any atom is 0.232 e. The normalized spacial score (nSPS) is 22.8. The number of hydrogen-bond donors (Lipinski definition) is 0. The molecule has 0 spiro atoms. The first kappa shape index (κ1) is 15.2. The Labute approximate surface area is 108 Å². The zero-order valence-corrected chi connectivity index (χ0v) is 11.8. The van der Waals surface area contributed by atoms with E-state index in [0.717, 1.165) is 32.5 Å². The highest BCUT2D eigenvalue weighted by atomic mass is 35.7. The molecule has 0 aromatic rings. The molecule has 1 rings (SSSR count). The second kappa shape index (κ2) is 7.56. The Hall–Kier alpha value is 0.160. The summed E-state index contributed by atoms with van der Waals surface area (Å²) in [7, 11) is 1.84. The van der Waals surface area contributed by atoms with Crippen LogP contribution in [0.4, 0.5) is 0 Å². The Morgan fingerprint density at radius 2 is 2.29 bits per heavy atom. The molecule has 2 atom stereocenters.